The van der Waals surface area contributed by atoms with Gasteiger partial charge in [-0.3, -0.25) is 0 Å². The molecule has 0 saturated heterocycles. The Balaban J connectivity index is 2.63. The molecule has 2 rings (SSSR count). The molecule has 2 aromatic rings. The molecule has 84 valence electrons. The summed E-state index contributed by atoms with van der Waals surface area (Å²) in [6.45, 7) is 0. The summed E-state index contributed by atoms with van der Waals surface area (Å²) in [4.78, 5) is 0. The highest BCUT2D eigenvalue weighted by Gasteiger charge is 2.14. The van der Waals surface area contributed by atoms with Crippen molar-refractivity contribution in [1.82, 2.24) is 10.2 Å². The molecule has 0 radical (unpaired) electrons. The van der Waals surface area contributed by atoms with Gasteiger partial charge in [0.05, 0.1) is 5.69 Å². The van der Waals surface area contributed by atoms with Crippen LogP contribution in [0.5, 0.6) is 0 Å². The number of nitrogens with zero attached hydrogens (tertiary/aromatic N) is 3. The predicted molar refractivity (Wildman–Crippen MR) is 68.4 cm³/mol. The molecule has 2 N–H and O–H groups in total. The van der Waals surface area contributed by atoms with Crippen LogP contribution in [0.4, 0.5) is 5.69 Å². The number of rotatable bonds is 2. The van der Waals surface area contributed by atoms with Crippen LogP contribution in [0.1, 0.15) is 5.56 Å². The smallest absolute Gasteiger partial charge is 0.138 e. The molecule has 0 atom stereocenters. The fourth-order valence-corrected chi connectivity index (χ4v) is 1.98. The Morgan fingerprint density at radius 2 is 1.94 bits per heavy atom. The Hall–Kier alpha value is -2.06. The fourth-order valence-electron chi connectivity index (χ4n) is 1.49. The normalized spacial score (nSPS) is 9.88. The molecule has 5 heteroatoms. The van der Waals surface area contributed by atoms with Gasteiger partial charge in [0.1, 0.15) is 22.4 Å². The molecular weight excluding hydrogens is 232 g/mol. The SMILES string of the molecule is CSc1nnc(-c2ccccc2)c(N)c1C#N. The lowest BCUT2D eigenvalue weighted by molar-refractivity contribution is 0.931. The van der Waals surface area contributed by atoms with Crippen molar-refractivity contribution in [2.75, 3.05) is 12.0 Å². The zero-order valence-corrected chi connectivity index (χ0v) is 10.0. The van der Waals surface area contributed by atoms with Crippen molar-refractivity contribution in [3.05, 3.63) is 35.9 Å². The largest absolute Gasteiger partial charge is 0.396 e. The first kappa shape index (κ1) is 11.4. The minimum Gasteiger partial charge on any atom is -0.396 e. The van der Waals surface area contributed by atoms with Crippen LogP contribution < -0.4 is 5.73 Å². The molecule has 1 heterocycles. The quantitative estimate of drug-likeness (QED) is 0.818. The summed E-state index contributed by atoms with van der Waals surface area (Å²) in [6, 6.07) is 11.6. The number of benzene rings is 1. The molecule has 0 aliphatic carbocycles. The molecule has 0 aliphatic heterocycles. The number of aromatic nitrogens is 2. The van der Waals surface area contributed by atoms with Crippen LogP contribution in [0.15, 0.2) is 35.4 Å². The van der Waals surface area contributed by atoms with Crippen LogP contribution in [0, 0.1) is 11.3 Å². The van der Waals surface area contributed by atoms with Gasteiger partial charge in [0.15, 0.2) is 0 Å². The first-order valence-electron chi connectivity index (χ1n) is 4.93. The number of hydrogen-bond donors (Lipinski definition) is 1. The Morgan fingerprint density at radius 3 is 2.53 bits per heavy atom. The van der Waals surface area contributed by atoms with Gasteiger partial charge in [-0.15, -0.1) is 22.0 Å². The van der Waals surface area contributed by atoms with Crippen LogP contribution >= 0.6 is 11.8 Å². The lowest BCUT2D eigenvalue weighted by atomic mass is 10.1. The van der Waals surface area contributed by atoms with Crippen LogP contribution in [0.25, 0.3) is 11.3 Å². The van der Waals surface area contributed by atoms with Crippen molar-refractivity contribution in [3.8, 4) is 17.3 Å². The van der Waals surface area contributed by atoms with Gasteiger partial charge in [-0.05, 0) is 6.26 Å². The molecule has 4 nitrogen and oxygen atoms in total. The van der Waals surface area contributed by atoms with Crippen molar-refractivity contribution in [2.45, 2.75) is 5.03 Å². The third kappa shape index (κ3) is 2.08. The van der Waals surface area contributed by atoms with E-state index in [2.05, 4.69) is 16.3 Å². The lowest BCUT2D eigenvalue weighted by Crippen LogP contribution is -2.02. The predicted octanol–water partition coefficient (Wildman–Crippen LogP) is 2.32. The van der Waals surface area contributed by atoms with Crippen molar-refractivity contribution in [3.63, 3.8) is 0 Å². The minimum atomic E-state index is 0.387. The second-order valence-electron chi connectivity index (χ2n) is 3.32. The summed E-state index contributed by atoms with van der Waals surface area (Å²) >= 11 is 1.36. The number of hydrogen-bond acceptors (Lipinski definition) is 5. The summed E-state index contributed by atoms with van der Waals surface area (Å²) < 4.78 is 0. The van der Waals surface area contributed by atoms with Gasteiger partial charge >= 0.3 is 0 Å². The van der Waals surface area contributed by atoms with Gasteiger partial charge in [-0.1, -0.05) is 30.3 Å². The number of nitrogen functional groups attached to an aromatic ring is 1. The van der Waals surface area contributed by atoms with E-state index in [1.54, 1.807) is 0 Å². The highest BCUT2D eigenvalue weighted by molar-refractivity contribution is 7.98. The Morgan fingerprint density at radius 1 is 1.24 bits per heavy atom. The maximum Gasteiger partial charge on any atom is 0.138 e. The molecule has 1 aromatic heterocycles. The van der Waals surface area contributed by atoms with E-state index in [0.29, 0.717) is 22.0 Å². The Bertz CT molecular complexity index is 575. The highest BCUT2D eigenvalue weighted by Crippen LogP contribution is 2.29. The lowest BCUT2D eigenvalue weighted by Gasteiger charge is -2.07. The molecule has 1 aromatic carbocycles. The van der Waals surface area contributed by atoms with E-state index in [0.717, 1.165) is 5.56 Å². The number of nitrogens with two attached hydrogens (primary N) is 1. The van der Waals surface area contributed by atoms with Crippen LogP contribution in [-0.4, -0.2) is 16.5 Å². The third-order valence-electron chi connectivity index (χ3n) is 2.33. The topological polar surface area (TPSA) is 75.6 Å². The average Bonchev–Trinajstić information content (AvgIpc) is 2.39. The van der Waals surface area contributed by atoms with Gasteiger partial charge in [-0.2, -0.15) is 5.26 Å². The average molecular weight is 242 g/mol. The van der Waals surface area contributed by atoms with Gasteiger partial charge in [-0.25, -0.2) is 0 Å². The molecule has 0 saturated carbocycles. The molecule has 0 fully saturated rings. The molecule has 17 heavy (non-hydrogen) atoms. The molecule has 0 unspecified atom stereocenters. The van der Waals surface area contributed by atoms with Crippen LogP contribution in [0.2, 0.25) is 0 Å². The van der Waals surface area contributed by atoms with Crippen molar-refractivity contribution in [2.24, 2.45) is 0 Å². The zero-order chi connectivity index (χ0) is 12.3. The Kier molecular flexibility index (Phi) is 3.26. The summed E-state index contributed by atoms with van der Waals surface area (Å²) in [6.07, 6.45) is 1.84. The summed E-state index contributed by atoms with van der Waals surface area (Å²) in [5.74, 6) is 0. The van der Waals surface area contributed by atoms with Gasteiger partial charge in [0.25, 0.3) is 0 Å². The first-order valence-corrected chi connectivity index (χ1v) is 6.16. The summed E-state index contributed by atoms with van der Waals surface area (Å²) in [7, 11) is 0. The highest BCUT2D eigenvalue weighted by atomic mass is 32.2. The molecular formula is C12H10N4S. The number of thioether (sulfide) groups is 1. The van der Waals surface area contributed by atoms with E-state index in [-0.39, 0.29) is 0 Å². The second kappa shape index (κ2) is 4.85. The summed E-state index contributed by atoms with van der Waals surface area (Å²) in [5.41, 5.74) is 8.16. The number of anilines is 1. The standard InChI is InChI=1S/C12H10N4S/c1-17-12-9(7-13)10(14)11(15-16-12)8-5-3-2-4-6-8/h2-6H,1H3,(H2,14,16). The maximum absolute atomic E-state index is 9.09. The van der Waals surface area contributed by atoms with Crippen LogP contribution in [-0.2, 0) is 0 Å². The minimum absolute atomic E-state index is 0.387. The Labute approximate surface area is 103 Å². The molecule has 0 spiro atoms. The number of nitriles is 1. The van der Waals surface area contributed by atoms with Gasteiger partial charge in [0.2, 0.25) is 0 Å². The molecule has 0 amide bonds. The monoisotopic (exact) mass is 242 g/mol. The van der Waals surface area contributed by atoms with Gasteiger partial charge < -0.3 is 5.73 Å². The van der Waals surface area contributed by atoms with Crippen molar-refractivity contribution < 1.29 is 0 Å². The summed E-state index contributed by atoms with van der Waals surface area (Å²) in [5, 5.41) is 17.7. The molecule has 0 bridgehead atoms. The van der Waals surface area contributed by atoms with E-state index >= 15 is 0 Å². The maximum atomic E-state index is 9.09. The van der Waals surface area contributed by atoms with E-state index in [9.17, 15) is 0 Å². The fraction of sp³-hybridized carbons (Fsp3) is 0.0833. The van der Waals surface area contributed by atoms with E-state index in [1.165, 1.54) is 11.8 Å². The van der Waals surface area contributed by atoms with E-state index < -0.39 is 0 Å². The van der Waals surface area contributed by atoms with Crippen molar-refractivity contribution in [1.29, 1.82) is 5.26 Å². The third-order valence-corrected chi connectivity index (χ3v) is 3.00. The van der Waals surface area contributed by atoms with Gasteiger partial charge in [0, 0.05) is 5.56 Å². The second-order valence-corrected chi connectivity index (χ2v) is 4.12. The van der Waals surface area contributed by atoms with Crippen LogP contribution in [0.3, 0.4) is 0 Å². The zero-order valence-electron chi connectivity index (χ0n) is 9.21. The van der Waals surface area contributed by atoms with Crippen molar-refractivity contribution >= 4 is 17.4 Å². The first-order chi connectivity index (χ1) is 8.27. The van der Waals surface area contributed by atoms with E-state index in [4.69, 9.17) is 11.0 Å². The van der Waals surface area contributed by atoms with E-state index in [1.807, 2.05) is 36.6 Å². The molecule has 0 aliphatic rings.